The lowest BCUT2D eigenvalue weighted by Gasteiger charge is -2.09. The predicted octanol–water partition coefficient (Wildman–Crippen LogP) is 4.52. The molecular formula is C14H8BrClN2OS. The summed E-state index contributed by atoms with van der Waals surface area (Å²) in [5, 5.41) is 12.1. The molecule has 2 aromatic carbocycles. The fourth-order valence-corrected chi connectivity index (χ4v) is 2.36. The summed E-state index contributed by atoms with van der Waals surface area (Å²) < 4.78 is 0.766. The molecule has 0 fully saturated rings. The van der Waals surface area contributed by atoms with Crippen LogP contribution in [0, 0.1) is 11.3 Å². The number of nitrogens with zero attached hydrogens (tertiary/aromatic N) is 1. The normalized spacial score (nSPS) is 9.90. The number of nitriles is 1. The van der Waals surface area contributed by atoms with E-state index < -0.39 is 0 Å². The first-order valence-electron chi connectivity index (χ1n) is 5.51. The summed E-state index contributed by atoms with van der Waals surface area (Å²) in [4.78, 5) is 12.8. The Kier molecular flexibility index (Phi) is 4.71. The summed E-state index contributed by atoms with van der Waals surface area (Å²) in [6.45, 7) is 0. The van der Waals surface area contributed by atoms with Crippen molar-refractivity contribution in [3.8, 4) is 6.07 Å². The monoisotopic (exact) mass is 366 g/mol. The van der Waals surface area contributed by atoms with Gasteiger partial charge in [0.25, 0.3) is 5.91 Å². The van der Waals surface area contributed by atoms with Crippen molar-refractivity contribution >= 4 is 51.8 Å². The third kappa shape index (κ3) is 3.34. The smallest absolute Gasteiger partial charge is 0.257 e. The minimum atomic E-state index is -0.385. The maximum absolute atomic E-state index is 12.2. The number of benzene rings is 2. The fourth-order valence-electron chi connectivity index (χ4n) is 1.59. The van der Waals surface area contributed by atoms with E-state index in [4.69, 9.17) is 16.9 Å². The molecule has 1 amide bonds. The molecule has 1 N–H and O–H groups in total. The molecule has 0 heterocycles. The van der Waals surface area contributed by atoms with Crippen LogP contribution < -0.4 is 5.32 Å². The molecule has 0 aliphatic heterocycles. The zero-order chi connectivity index (χ0) is 14.7. The summed E-state index contributed by atoms with van der Waals surface area (Å²) in [5.74, 6) is -0.385. The third-order valence-corrected chi connectivity index (χ3v) is 3.65. The fraction of sp³-hybridized carbons (Fsp3) is 0. The molecule has 0 spiro atoms. The highest BCUT2D eigenvalue weighted by molar-refractivity contribution is 9.10. The van der Waals surface area contributed by atoms with Crippen LogP contribution in [-0.2, 0) is 0 Å². The number of hydrogen-bond donors (Lipinski definition) is 2. The predicted molar refractivity (Wildman–Crippen MR) is 85.5 cm³/mol. The standard InChI is InChI=1S/C14H8BrClN2OS/c15-9-1-4-13(8(5-9)7-17)18-14(19)11-6-10(20)2-3-12(11)16/h1-6,20H,(H,18,19). The maximum atomic E-state index is 12.2. The Hall–Kier alpha value is -1.48. The molecule has 2 aromatic rings. The Morgan fingerprint density at radius 2 is 2.05 bits per heavy atom. The molecule has 3 nitrogen and oxygen atoms in total. The Morgan fingerprint density at radius 3 is 2.75 bits per heavy atom. The highest BCUT2D eigenvalue weighted by Crippen LogP contribution is 2.24. The van der Waals surface area contributed by atoms with Crippen LogP contribution in [0.3, 0.4) is 0 Å². The van der Waals surface area contributed by atoms with E-state index in [0.717, 1.165) is 4.47 Å². The lowest BCUT2D eigenvalue weighted by Crippen LogP contribution is -2.13. The molecule has 0 radical (unpaired) electrons. The molecule has 0 aliphatic carbocycles. The SMILES string of the molecule is N#Cc1cc(Br)ccc1NC(=O)c1cc(S)ccc1Cl. The molecule has 0 bridgehead atoms. The van der Waals surface area contributed by atoms with Gasteiger partial charge in [-0.25, -0.2) is 0 Å². The average Bonchev–Trinajstić information content (AvgIpc) is 2.43. The van der Waals surface area contributed by atoms with E-state index in [1.54, 1.807) is 36.4 Å². The molecule has 0 aromatic heterocycles. The third-order valence-electron chi connectivity index (χ3n) is 2.54. The second-order valence-corrected chi connectivity index (χ2v) is 5.76. The number of hydrogen-bond acceptors (Lipinski definition) is 3. The van der Waals surface area contributed by atoms with E-state index in [9.17, 15) is 4.79 Å². The summed E-state index contributed by atoms with van der Waals surface area (Å²) in [7, 11) is 0. The number of halogens is 2. The Morgan fingerprint density at radius 1 is 1.30 bits per heavy atom. The minimum absolute atomic E-state index is 0.311. The van der Waals surface area contributed by atoms with Gasteiger partial charge in [-0.1, -0.05) is 27.5 Å². The van der Waals surface area contributed by atoms with Crippen LogP contribution in [0.15, 0.2) is 45.8 Å². The van der Waals surface area contributed by atoms with Crippen LogP contribution in [0.4, 0.5) is 5.69 Å². The molecule has 0 atom stereocenters. The molecule has 20 heavy (non-hydrogen) atoms. The van der Waals surface area contributed by atoms with Gasteiger partial charge >= 0.3 is 0 Å². The minimum Gasteiger partial charge on any atom is -0.321 e. The summed E-state index contributed by atoms with van der Waals surface area (Å²) in [6, 6.07) is 11.9. The number of carbonyl (C=O) groups is 1. The van der Waals surface area contributed by atoms with Gasteiger partial charge in [-0.2, -0.15) is 5.26 Å². The zero-order valence-corrected chi connectivity index (χ0v) is 13.3. The quantitative estimate of drug-likeness (QED) is 0.767. The maximum Gasteiger partial charge on any atom is 0.257 e. The number of carbonyl (C=O) groups excluding carboxylic acids is 1. The van der Waals surface area contributed by atoms with Gasteiger partial charge in [-0.15, -0.1) is 12.6 Å². The summed E-state index contributed by atoms with van der Waals surface area (Å²) in [5.41, 5.74) is 1.11. The molecule has 6 heteroatoms. The second-order valence-electron chi connectivity index (χ2n) is 3.92. The molecule has 0 aliphatic rings. The highest BCUT2D eigenvalue weighted by atomic mass is 79.9. The van der Waals surface area contributed by atoms with Crippen LogP contribution in [0.25, 0.3) is 0 Å². The largest absolute Gasteiger partial charge is 0.321 e. The van der Waals surface area contributed by atoms with E-state index in [2.05, 4.69) is 33.9 Å². The van der Waals surface area contributed by atoms with Crippen LogP contribution in [0.5, 0.6) is 0 Å². The zero-order valence-electron chi connectivity index (χ0n) is 10.0. The number of thiol groups is 1. The van der Waals surface area contributed by atoms with Crippen LogP contribution in [0.2, 0.25) is 5.02 Å². The Labute approximate surface area is 135 Å². The van der Waals surface area contributed by atoms with E-state index in [1.807, 2.05) is 6.07 Å². The van der Waals surface area contributed by atoms with Gasteiger partial charge < -0.3 is 5.32 Å². The first kappa shape index (κ1) is 14.9. The number of amides is 1. The van der Waals surface area contributed by atoms with Crippen LogP contribution in [-0.4, -0.2) is 5.91 Å². The molecule has 2 rings (SSSR count). The lowest BCUT2D eigenvalue weighted by molar-refractivity contribution is 0.102. The van der Waals surface area contributed by atoms with Gasteiger partial charge in [0, 0.05) is 9.37 Å². The number of nitrogens with one attached hydrogen (secondary N) is 1. The van der Waals surface area contributed by atoms with Gasteiger partial charge in [0.2, 0.25) is 0 Å². The molecule has 0 saturated heterocycles. The average molecular weight is 368 g/mol. The van der Waals surface area contributed by atoms with E-state index in [0.29, 0.717) is 26.7 Å². The van der Waals surface area contributed by atoms with Crippen molar-refractivity contribution in [1.82, 2.24) is 0 Å². The number of rotatable bonds is 2. The van der Waals surface area contributed by atoms with Crippen molar-refractivity contribution in [2.45, 2.75) is 4.90 Å². The molecule has 0 saturated carbocycles. The first-order valence-corrected chi connectivity index (χ1v) is 7.12. The van der Waals surface area contributed by atoms with Gasteiger partial charge in [-0.3, -0.25) is 4.79 Å². The van der Waals surface area contributed by atoms with Crippen molar-refractivity contribution in [1.29, 1.82) is 5.26 Å². The Bertz CT molecular complexity index is 728. The van der Waals surface area contributed by atoms with Crippen LogP contribution in [0.1, 0.15) is 15.9 Å². The van der Waals surface area contributed by atoms with E-state index in [-0.39, 0.29) is 5.91 Å². The van der Waals surface area contributed by atoms with E-state index in [1.165, 1.54) is 0 Å². The van der Waals surface area contributed by atoms with Crippen molar-refractivity contribution in [3.63, 3.8) is 0 Å². The first-order chi connectivity index (χ1) is 9.51. The van der Waals surface area contributed by atoms with Gasteiger partial charge in [-0.05, 0) is 36.4 Å². The molecular weight excluding hydrogens is 360 g/mol. The van der Waals surface area contributed by atoms with Crippen molar-refractivity contribution in [2.24, 2.45) is 0 Å². The topological polar surface area (TPSA) is 52.9 Å². The van der Waals surface area contributed by atoms with Gasteiger partial charge in [0.1, 0.15) is 6.07 Å². The Balaban J connectivity index is 2.33. The van der Waals surface area contributed by atoms with E-state index >= 15 is 0 Å². The summed E-state index contributed by atoms with van der Waals surface area (Å²) in [6.07, 6.45) is 0. The van der Waals surface area contributed by atoms with Gasteiger partial charge in [0.05, 0.1) is 21.8 Å². The van der Waals surface area contributed by atoms with Gasteiger partial charge in [0.15, 0.2) is 0 Å². The van der Waals surface area contributed by atoms with Crippen molar-refractivity contribution in [3.05, 3.63) is 57.0 Å². The van der Waals surface area contributed by atoms with Crippen LogP contribution >= 0.6 is 40.2 Å². The number of anilines is 1. The highest BCUT2D eigenvalue weighted by Gasteiger charge is 2.13. The second kappa shape index (κ2) is 6.31. The summed E-state index contributed by atoms with van der Waals surface area (Å²) >= 11 is 13.4. The van der Waals surface area contributed by atoms with Crippen molar-refractivity contribution < 1.29 is 4.79 Å². The molecule has 100 valence electrons. The van der Waals surface area contributed by atoms with Crippen molar-refractivity contribution in [2.75, 3.05) is 5.32 Å². The lowest BCUT2D eigenvalue weighted by atomic mass is 10.1. The molecule has 0 unspecified atom stereocenters.